The summed E-state index contributed by atoms with van der Waals surface area (Å²) >= 11 is 1.01. The second kappa shape index (κ2) is 9.87. The van der Waals surface area contributed by atoms with Gasteiger partial charge in [-0.25, -0.2) is 18.6 Å². The molecule has 0 fully saturated rings. The van der Waals surface area contributed by atoms with Gasteiger partial charge in [0, 0.05) is 17.3 Å². The van der Waals surface area contributed by atoms with Crippen LogP contribution < -0.4 is 15.2 Å². The van der Waals surface area contributed by atoms with Crippen LogP contribution in [0, 0.1) is 11.6 Å². The fourth-order valence-electron chi connectivity index (χ4n) is 2.32. The quantitative estimate of drug-likeness (QED) is 0.440. The summed E-state index contributed by atoms with van der Waals surface area (Å²) in [5.41, 5.74) is 5.49. The standard InChI is InChI=1S/C19H19F2N3O4S/c1-26-15-8-11(12(20)9-16(15)27-2)17(18(29-4)24-19(25)28-3)23-14-6-5-10(22)7-13(14)21/h5-9H,22H2,1-4H3. The fraction of sp³-hybridized carbons (Fsp3) is 0.211. The van der Waals surface area contributed by atoms with Crippen LogP contribution in [0.3, 0.4) is 0 Å². The highest BCUT2D eigenvalue weighted by molar-refractivity contribution is 8.15. The highest BCUT2D eigenvalue weighted by atomic mass is 32.2. The Morgan fingerprint density at radius 1 is 1.03 bits per heavy atom. The van der Waals surface area contributed by atoms with Gasteiger partial charge >= 0.3 is 6.09 Å². The molecule has 10 heteroatoms. The Hall–Kier alpha value is -3.14. The lowest BCUT2D eigenvalue weighted by Crippen LogP contribution is -2.16. The molecule has 0 radical (unpaired) electrons. The van der Waals surface area contributed by atoms with Gasteiger partial charge in [0.25, 0.3) is 0 Å². The number of hydrogen-bond donors (Lipinski definition) is 1. The summed E-state index contributed by atoms with van der Waals surface area (Å²) in [6.45, 7) is 0. The number of nitrogens with two attached hydrogens (primary N) is 1. The average Bonchev–Trinajstić information content (AvgIpc) is 2.71. The zero-order valence-corrected chi connectivity index (χ0v) is 17.0. The normalized spacial score (nSPS) is 11.9. The molecule has 0 saturated heterocycles. The van der Waals surface area contributed by atoms with E-state index in [1.165, 1.54) is 32.4 Å². The summed E-state index contributed by atoms with van der Waals surface area (Å²) in [5, 5.41) is 0.0131. The molecule has 2 aromatic rings. The van der Waals surface area contributed by atoms with E-state index in [2.05, 4.69) is 14.7 Å². The van der Waals surface area contributed by atoms with Crippen LogP contribution in [-0.4, -0.2) is 44.4 Å². The molecule has 7 nitrogen and oxygen atoms in total. The van der Waals surface area contributed by atoms with E-state index in [1.807, 2.05) is 0 Å². The molecule has 0 saturated carbocycles. The van der Waals surface area contributed by atoms with Crippen LogP contribution in [0.15, 0.2) is 40.3 Å². The number of benzene rings is 2. The molecular formula is C19H19F2N3O4S. The van der Waals surface area contributed by atoms with Crippen molar-refractivity contribution in [3.05, 3.63) is 47.5 Å². The molecule has 154 valence electrons. The van der Waals surface area contributed by atoms with Crippen molar-refractivity contribution in [3.63, 3.8) is 0 Å². The molecule has 2 aromatic carbocycles. The van der Waals surface area contributed by atoms with Crippen molar-refractivity contribution >= 4 is 40.0 Å². The van der Waals surface area contributed by atoms with Gasteiger partial charge in [-0.15, -0.1) is 11.8 Å². The van der Waals surface area contributed by atoms with Gasteiger partial charge in [0.1, 0.15) is 16.6 Å². The minimum absolute atomic E-state index is 0.0131. The summed E-state index contributed by atoms with van der Waals surface area (Å²) in [5.74, 6) is -1.08. The molecule has 0 aliphatic carbocycles. The third-order valence-corrected chi connectivity index (χ3v) is 4.37. The first-order valence-corrected chi connectivity index (χ1v) is 9.33. The van der Waals surface area contributed by atoms with Crippen LogP contribution in [0.2, 0.25) is 0 Å². The average molecular weight is 423 g/mol. The van der Waals surface area contributed by atoms with Crippen molar-refractivity contribution in [1.82, 2.24) is 0 Å². The SMILES string of the molecule is COC(=O)N=C(SC)C(=Nc1ccc(N)cc1F)c1cc(OC)c(OC)cc1F. The van der Waals surface area contributed by atoms with Crippen molar-refractivity contribution in [2.45, 2.75) is 0 Å². The lowest BCUT2D eigenvalue weighted by atomic mass is 10.1. The number of nitrogens with zero attached hydrogens (tertiary/aromatic N) is 2. The molecule has 0 spiro atoms. The maximum atomic E-state index is 14.9. The number of carbonyl (C=O) groups excluding carboxylic acids is 1. The predicted octanol–water partition coefficient (Wildman–Crippen LogP) is 4.21. The second-order valence-electron chi connectivity index (χ2n) is 5.45. The Labute approximate surface area is 170 Å². The van der Waals surface area contributed by atoms with Crippen molar-refractivity contribution in [2.75, 3.05) is 33.3 Å². The van der Waals surface area contributed by atoms with Gasteiger partial charge in [0.05, 0.1) is 27.0 Å². The summed E-state index contributed by atoms with van der Waals surface area (Å²) in [4.78, 5) is 19.7. The first kappa shape index (κ1) is 22.2. The van der Waals surface area contributed by atoms with E-state index < -0.39 is 17.7 Å². The van der Waals surface area contributed by atoms with Gasteiger partial charge in [-0.3, -0.25) is 0 Å². The van der Waals surface area contributed by atoms with Gasteiger partial charge in [-0.2, -0.15) is 4.99 Å². The van der Waals surface area contributed by atoms with Gasteiger partial charge in [-0.1, -0.05) is 0 Å². The first-order valence-electron chi connectivity index (χ1n) is 8.11. The molecule has 0 aromatic heterocycles. The monoisotopic (exact) mass is 423 g/mol. The molecule has 2 N–H and O–H groups in total. The van der Waals surface area contributed by atoms with Crippen LogP contribution >= 0.6 is 11.8 Å². The smallest absolute Gasteiger partial charge is 0.434 e. The molecule has 2 rings (SSSR count). The summed E-state index contributed by atoms with van der Waals surface area (Å²) in [6.07, 6.45) is 0.690. The molecule has 0 unspecified atom stereocenters. The Balaban J connectivity index is 2.79. The van der Waals surface area contributed by atoms with E-state index in [1.54, 1.807) is 6.26 Å². The van der Waals surface area contributed by atoms with E-state index in [-0.39, 0.29) is 39.2 Å². The number of rotatable bonds is 5. The minimum Gasteiger partial charge on any atom is -0.493 e. The van der Waals surface area contributed by atoms with Gasteiger partial charge in [0.15, 0.2) is 17.3 Å². The summed E-state index contributed by atoms with van der Waals surface area (Å²) in [7, 11) is 3.90. The second-order valence-corrected chi connectivity index (χ2v) is 6.24. The van der Waals surface area contributed by atoms with E-state index in [0.717, 1.165) is 31.0 Å². The molecule has 0 bridgehead atoms. The topological polar surface area (TPSA) is 95.5 Å². The van der Waals surface area contributed by atoms with Crippen molar-refractivity contribution in [2.24, 2.45) is 9.98 Å². The molecule has 1 amide bonds. The number of methoxy groups -OCH3 is 3. The number of ether oxygens (including phenoxy) is 3. The predicted molar refractivity (Wildman–Crippen MR) is 110 cm³/mol. The Morgan fingerprint density at radius 2 is 1.69 bits per heavy atom. The minimum atomic E-state index is -0.916. The Morgan fingerprint density at radius 3 is 2.24 bits per heavy atom. The van der Waals surface area contributed by atoms with Crippen LogP contribution in [0.25, 0.3) is 0 Å². The van der Waals surface area contributed by atoms with Crippen molar-refractivity contribution in [1.29, 1.82) is 0 Å². The Kier molecular flexibility index (Phi) is 7.54. The van der Waals surface area contributed by atoms with Gasteiger partial charge < -0.3 is 19.9 Å². The molecule has 29 heavy (non-hydrogen) atoms. The largest absolute Gasteiger partial charge is 0.493 e. The van der Waals surface area contributed by atoms with Gasteiger partial charge in [-0.05, 0) is 30.5 Å². The van der Waals surface area contributed by atoms with Crippen molar-refractivity contribution in [3.8, 4) is 11.5 Å². The van der Waals surface area contributed by atoms with E-state index in [0.29, 0.717) is 0 Å². The van der Waals surface area contributed by atoms with Crippen LogP contribution in [-0.2, 0) is 4.74 Å². The lowest BCUT2D eigenvalue weighted by molar-refractivity contribution is 0.183. The third kappa shape index (κ3) is 5.23. The molecule has 0 aliphatic rings. The maximum absolute atomic E-state index is 14.9. The highest BCUT2D eigenvalue weighted by Crippen LogP contribution is 2.32. The number of carbonyl (C=O) groups is 1. The maximum Gasteiger partial charge on any atom is 0.434 e. The molecule has 0 heterocycles. The lowest BCUT2D eigenvalue weighted by Gasteiger charge is -2.14. The number of hydrogen-bond acceptors (Lipinski definition) is 7. The molecular weight excluding hydrogens is 404 g/mol. The third-order valence-electron chi connectivity index (χ3n) is 3.70. The highest BCUT2D eigenvalue weighted by Gasteiger charge is 2.21. The zero-order chi connectivity index (χ0) is 21.6. The number of anilines is 1. The van der Waals surface area contributed by atoms with E-state index in [4.69, 9.17) is 15.2 Å². The van der Waals surface area contributed by atoms with Crippen molar-refractivity contribution < 1.29 is 27.8 Å². The summed E-state index contributed by atoms with van der Waals surface area (Å²) < 4.78 is 44.0. The van der Waals surface area contributed by atoms with Crippen LogP contribution in [0.4, 0.5) is 25.0 Å². The fourth-order valence-corrected chi connectivity index (χ4v) is 2.83. The summed E-state index contributed by atoms with van der Waals surface area (Å²) in [6, 6.07) is 6.28. The number of thioether (sulfide) groups is 1. The zero-order valence-electron chi connectivity index (χ0n) is 16.2. The van der Waals surface area contributed by atoms with E-state index in [9.17, 15) is 13.6 Å². The first-order chi connectivity index (χ1) is 13.8. The number of halogens is 2. The van der Waals surface area contributed by atoms with Gasteiger partial charge in [0.2, 0.25) is 0 Å². The van der Waals surface area contributed by atoms with Crippen LogP contribution in [0.1, 0.15) is 5.56 Å². The van der Waals surface area contributed by atoms with E-state index >= 15 is 0 Å². The number of aliphatic imine (C=N–C) groups is 2. The number of amides is 1. The molecule has 0 atom stereocenters. The number of nitrogen functional groups attached to an aromatic ring is 1. The van der Waals surface area contributed by atoms with Crippen LogP contribution in [0.5, 0.6) is 11.5 Å². The molecule has 0 aliphatic heterocycles. The Bertz CT molecular complexity index is 980.